The number of hydrogen-bond donors (Lipinski definition) is 2. The van der Waals surface area contributed by atoms with E-state index in [1.165, 1.54) is 6.07 Å². The summed E-state index contributed by atoms with van der Waals surface area (Å²) in [7, 11) is 0. The van der Waals surface area contributed by atoms with E-state index in [1.54, 1.807) is 0 Å². The molecule has 5 nitrogen and oxygen atoms in total. The first-order chi connectivity index (χ1) is 7.13. The molecule has 0 fully saturated rings. The van der Waals surface area contributed by atoms with Crippen LogP contribution in [-0.2, 0) is 6.54 Å². The summed E-state index contributed by atoms with van der Waals surface area (Å²) >= 11 is 0. The fourth-order valence-corrected chi connectivity index (χ4v) is 1.11. The van der Waals surface area contributed by atoms with Crippen molar-refractivity contribution in [2.24, 2.45) is 0 Å². The molecule has 1 unspecified atom stereocenters. The third-order valence-corrected chi connectivity index (χ3v) is 1.92. The lowest BCUT2D eigenvalue weighted by molar-refractivity contribution is 0.0685. The zero-order chi connectivity index (χ0) is 11.3. The molecule has 5 heteroatoms. The van der Waals surface area contributed by atoms with Crippen LogP contribution in [0.4, 0.5) is 0 Å². The highest BCUT2D eigenvalue weighted by atomic mass is 16.5. The maximum atomic E-state index is 10.5. The Bertz CT molecular complexity index is 346. The molecule has 0 saturated heterocycles. The molecule has 15 heavy (non-hydrogen) atoms. The lowest BCUT2D eigenvalue weighted by Gasteiger charge is -2.08. The van der Waals surface area contributed by atoms with Gasteiger partial charge in [0.25, 0.3) is 0 Å². The molecule has 0 bridgehead atoms. The number of aromatic carboxylic acids is 1. The molecule has 0 aromatic carbocycles. The van der Waals surface area contributed by atoms with Crippen molar-refractivity contribution in [3.8, 4) is 0 Å². The van der Waals surface area contributed by atoms with Gasteiger partial charge in [0.2, 0.25) is 0 Å². The van der Waals surface area contributed by atoms with Crippen LogP contribution in [0, 0.1) is 0 Å². The van der Waals surface area contributed by atoms with Crippen LogP contribution in [0.5, 0.6) is 0 Å². The Labute approximate surface area is 87.8 Å². The van der Waals surface area contributed by atoms with Crippen LogP contribution >= 0.6 is 0 Å². The molecule has 0 aliphatic heterocycles. The highest BCUT2D eigenvalue weighted by Gasteiger charge is 2.10. The van der Waals surface area contributed by atoms with Gasteiger partial charge in [0.15, 0.2) is 11.5 Å². The Hall–Kier alpha value is -1.62. The number of carboxylic acids is 1. The molecule has 0 aliphatic carbocycles. The van der Waals surface area contributed by atoms with Crippen LogP contribution in [0.3, 0.4) is 0 Å². The van der Waals surface area contributed by atoms with Gasteiger partial charge in [-0.1, -0.05) is 11.2 Å². The summed E-state index contributed by atoms with van der Waals surface area (Å²) in [5.41, 5.74) is -0.0665. The third-order valence-electron chi connectivity index (χ3n) is 1.92. The number of carbonyl (C=O) groups is 1. The van der Waals surface area contributed by atoms with E-state index in [-0.39, 0.29) is 11.7 Å². The molecule has 1 heterocycles. The van der Waals surface area contributed by atoms with Crippen LogP contribution in [0.2, 0.25) is 0 Å². The van der Waals surface area contributed by atoms with Crippen molar-refractivity contribution in [3.05, 3.63) is 30.2 Å². The van der Waals surface area contributed by atoms with Gasteiger partial charge in [0.1, 0.15) is 0 Å². The van der Waals surface area contributed by atoms with Crippen LogP contribution in [0.15, 0.2) is 23.2 Å². The molecule has 1 rings (SSSR count). The molecule has 82 valence electrons. The van der Waals surface area contributed by atoms with Crippen molar-refractivity contribution < 1.29 is 14.4 Å². The first kappa shape index (κ1) is 11.5. The van der Waals surface area contributed by atoms with E-state index in [4.69, 9.17) is 9.63 Å². The SMILES string of the molecule is C=CCC(C)NCc1cc(C(=O)O)no1. The predicted octanol–water partition coefficient (Wildman–Crippen LogP) is 1.43. The molecular weight excluding hydrogens is 196 g/mol. The molecule has 0 amide bonds. The van der Waals surface area contributed by atoms with Crippen molar-refractivity contribution in [1.29, 1.82) is 0 Å². The fourth-order valence-electron chi connectivity index (χ4n) is 1.11. The lowest BCUT2D eigenvalue weighted by atomic mass is 10.2. The van der Waals surface area contributed by atoms with Gasteiger partial charge in [-0.15, -0.1) is 6.58 Å². The van der Waals surface area contributed by atoms with E-state index in [9.17, 15) is 4.79 Å². The summed E-state index contributed by atoms with van der Waals surface area (Å²) in [6, 6.07) is 1.69. The Balaban J connectivity index is 2.44. The third kappa shape index (κ3) is 3.55. The van der Waals surface area contributed by atoms with Gasteiger partial charge in [0.05, 0.1) is 6.54 Å². The van der Waals surface area contributed by atoms with Crippen molar-refractivity contribution in [2.45, 2.75) is 25.9 Å². The quantitative estimate of drug-likeness (QED) is 0.694. The zero-order valence-corrected chi connectivity index (χ0v) is 8.56. The summed E-state index contributed by atoms with van der Waals surface area (Å²) in [6.45, 7) is 6.11. The molecule has 0 radical (unpaired) electrons. The second-order valence-electron chi connectivity index (χ2n) is 3.29. The van der Waals surface area contributed by atoms with Gasteiger partial charge in [-0.05, 0) is 13.3 Å². The molecule has 1 atom stereocenters. The Morgan fingerprint density at radius 1 is 1.87 bits per heavy atom. The minimum Gasteiger partial charge on any atom is -0.476 e. The number of hydrogen-bond acceptors (Lipinski definition) is 4. The largest absolute Gasteiger partial charge is 0.476 e. The minimum atomic E-state index is -1.08. The molecule has 2 N–H and O–H groups in total. The van der Waals surface area contributed by atoms with E-state index in [1.807, 2.05) is 13.0 Å². The second kappa shape index (κ2) is 5.31. The lowest BCUT2D eigenvalue weighted by Crippen LogP contribution is -2.24. The number of rotatable bonds is 6. The Morgan fingerprint density at radius 3 is 3.13 bits per heavy atom. The number of nitrogens with one attached hydrogen (secondary N) is 1. The Kier molecular flexibility index (Phi) is 4.05. The van der Waals surface area contributed by atoms with Gasteiger partial charge in [-0.2, -0.15) is 0 Å². The highest BCUT2D eigenvalue weighted by molar-refractivity contribution is 5.85. The van der Waals surface area contributed by atoms with Crippen molar-refractivity contribution >= 4 is 5.97 Å². The van der Waals surface area contributed by atoms with E-state index >= 15 is 0 Å². The second-order valence-corrected chi connectivity index (χ2v) is 3.29. The predicted molar refractivity (Wildman–Crippen MR) is 54.6 cm³/mol. The maximum absolute atomic E-state index is 10.5. The minimum absolute atomic E-state index is 0.0665. The number of carboxylic acid groups (broad SMARTS) is 1. The molecule has 1 aromatic heterocycles. The average Bonchev–Trinajstić information content (AvgIpc) is 2.63. The number of nitrogens with zero attached hydrogens (tertiary/aromatic N) is 1. The van der Waals surface area contributed by atoms with Gasteiger partial charge >= 0.3 is 5.97 Å². The topological polar surface area (TPSA) is 75.4 Å². The summed E-state index contributed by atoms with van der Waals surface area (Å²) in [4.78, 5) is 10.5. The Morgan fingerprint density at radius 2 is 2.60 bits per heavy atom. The first-order valence-corrected chi connectivity index (χ1v) is 4.66. The van der Waals surface area contributed by atoms with E-state index in [0.717, 1.165) is 6.42 Å². The van der Waals surface area contributed by atoms with Gasteiger partial charge < -0.3 is 14.9 Å². The fraction of sp³-hybridized carbons (Fsp3) is 0.400. The normalized spacial score (nSPS) is 12.3. The summed E-state index contributed by atoms with van der Waals surface area (Å²) < 4.78 is 4.84. The van der Waals surface area contributed by atoms with Gasteiger partial charge in [0, 0.05) is 12.1 Å². The average molecular weight is 210 g/mol. The number of aromatic nitrogens is 1. The van der Waals surface area contributed by atoms with Crippen molar-refractivity contribution in [3.63, 3.8) is 0 Å². The summed E-state index contributed by atoms with van der Waals surface area (Å²) in [5, 5.41) is 15.2. The van der Waals surface area contributed by atoms with Crippen LogP contribution in [0.1, 0.15) is 29.6 Å². The molecular formula is C10H14N2O3. The van der Waals surface area contributed by atoms with E-state index in [0.29, 0.717) is 12.3 Å². The van der Waals surface area contributed by atoms with Crippen LogP contribution < -0.4 is 5.32 Å². The van der Waals surface area contributed by atoms with Crippen LogP contribution in [0.25, 0.3) is 0 Å². The summed E-state index contributed by atoms with van der Waals surface area (Å²) in [6.07, 6.45) is 2.67. The molecule has 0 aliphatic rings. The zero-order valence-electron chi connectivity index (χ0n) is 8.56. The van der Waals surface area contributed by atoms with Crippen molar-refractivity contribution in [1.82, 2.24) is 10.5 Å². The maximum Gasteiger partial charge on any atom is 0.358 e. The standard InChI is InChI=1S/C10H14N2O3/c1-3-4-7(2)11-6-8-5-9(10(13)14)12-15-8/h3,5,7,11H,1,4,6H2,2H3,(H,13,14). The first-order valence-electron chi connectivity index (χ1n) is 4.66. The van der Waals surface area contributed by atoms with E-state index < -0.39 is 5.97 Å². The van der Waals surface area contributed by atoms with Gasteiger partial charge in [-0.25, -0.2) is 4.79 Å². The van der Waals surface area contributed by atoms with Crippen molar-refractivity contribution in [2.75, 3.05) is 0 Å². The monoisotopic (exact) mass is 210 g/mol. The van der Waals surface area contributed by atoms with E-state index in [2.05, 4.69) is 17.1 Å². The van der Waals surface area contributed by atoms with Crippen LogP contribution in [-0.4, -0.2) is 22.3 Å². The molecule has 1 aromatic rings. The molecule has 0 saturated carbocycles. The summed E-state index contributed by atoms with van der Waals surface area (Å²) in [5.74, 6) is -0.563. The molecule has 0 spiro atoms. The van der Waals surface area contributed by atoms with Gasteiger partial charge in [-0.3, -0.25) is 0 Å². The smallest absolute Gasteiger partial charge is 0.358 e. The highest BCUT2D eigenvalue weighted by Crippen LogP contribution is 2.04.